The van der Waals surface area contributed by atoms with Crippen LogP contribution in [0.15, 0.2) is 18.2 Å². The van der Waals surface area contributed by atoms with E-state index in [-0.39, 0.29) is 16.8 Å². The molecule has 0 fully saturated rings. The van der Waals surface area contributed by atoms with Gasteiger partial charge in [0.05, 0.1) is 16.1 Å². The Balaban J connectivity index is 2.61. The van der Waals surface area contributed by atoms with Gasteiger partial charge in [0.1, 0.15) is 0 Å². The van der Waals surface area contributed by atoms with E-state index in [1.54, 1.807) is 0 Å². The zero-order chi connectivity index (χ0) is 11.2. The van der Waals surface area contributed by atoms with E-state index in [9.17, 15) is 19.7 Å². The average Bonchev–Trinajstić information content (AvgIpc) is 2.44. The molecule has 0 radical (unpaired) electrons. The number of nitrogens with zero attached hydrogens (tertiary/aromatic N) is 2. The smallest absolute Gasteiger partial charge is 0.270 e. The summed E-state index contributed by atoms with van der Waals surface area (Å²) in [7, 11) is 1.34. The van der Waals surface area contributed by atoms with Crippen LogP contribution >= 0.6 is 0 Å². The molecule has 0 aliphatic carbocycles. The molecule has 1 heterocycles. The molecule has 2 rings (SSSR count). The van der Waals surface area contributed by atoms with Crippen molar-refractivity contribution in [3.05, 3.63) is 39.4 Å². The number of benzene rings is 1. The van der Waals surface area contributed by atoms with Gasteiger partial charge in [-0.05, 0) is 6.07 Å². The Morgan fingerprint density at radius 3 is 2.40 bits per heavy atom. The molecule has 0 aromatic heterocycles. The number of fused-ring (bicyclic) bond motifs is 1. The molecule has 2 amide bonds. The number of carbonyl (C=O) groups excluding carboxylic acids is 2. The Labute approximate surface area is 84.3 Å². The molecule has 1 aliphatic heterocycles. The van der Waals surface area contributed by atoms with Gasteiger partial charge in [0.25, 0.3) is 17.5 Å². The fourth-order valence-corrected chi connectivity index (χ4v) is 1.46. The van der Waals surface area contributed by atoms with E-state index >= 15 is 0 Å². The van der Waals surface area contributed by atoms with E-state index in [1.807, 2.05) is 0 Å². The standard InChI is InChI=1S/C9H6N2O4/c1-10-8(12)6-3-2-5(11(14)15)4-7(6)9(10)13/h2-4H,1H3. The minimum atomic E-state index is -0.601. The number of hydrogen-bond donors (Lipinski definition) is 0. The lowest BCUT2D eigenvalue weighted by Crippen LogP contribution is -2.24. The molecule has 0 spiro atoms. The molecule has 0 saturated heterocycles. The highest BCUT2D eigenvalue weighted by Gasteiger charge is 2.33. The zero-order valence-corrected chi connectivity index (χ0v) is 7.76. The molecule has 0 unspecified atom stereocenters. The monoisotopic (exact) mass is 206 g/mol. The lowest BCUT2D eigenvalue weighted by atomic mass is 10.1. The molecule has 0 bridgehead atoms. The Morgan fingerprint density at radius 1 is 1.20 bits per heavy atom. The molecule has 1 aromatic carbocycles. The molecule has 76 valence electrons. The minimum absolute atomic E-state index is 0.0942. The second kappa shape index (κ2) is 2.88. The fraction of sp³-hybridized carbons (Fsp3) is 0.111. The maximum Gasteiger partial charge on any atom is 0.270 e. The fourth-order valence-electron chi connectivity index (χ4n) is 1.46. The summed E-state index contributed by atoms with van der Waals surface area (Å²) in [5.74, 6) is -0.927. The van der Waals surface area contributed by atoms with Gasteiger partial charge in [-0.25, -0.2) is 0 Å². The molecule has 0 N–H and O–H groups in total. The molecule has 1 aromatic rings. The van der Waals surface area contributed by atoms with E-state index in [4.69, 9.17) is 0 Å². The van der Waals surface area contributed by atoms with Gasteiger partial charge in [-0.15, -0.1) is 0 Å². The van der Waals surface area contributed by atoms with E-state index in [2.05, 4.69) is 0 Å². The first-order valence-corrected chi connectivity index (χ1v) is 4.13. The van der Waals surface area contributed by atoms with Crippen molar-refractivity contribution in [2.24, 2.45) is 0 Å². The summed E-state index contributed by atoms with van der Waals surface area (Å²) in [5.41, 5.74) is 0.120. The summed E-state index contributed by atoms with van der Waals surface area (Å²) in [6.45, 7) is 0. The third-order valence-electron chi connectivity index (χ3n) is 2.28. The summed E-state index contributed by atoms with van der Waals surface area (Å²) >= 11 is 0. The number of amides is 2. The van der Waals surface area contributed by atoms with Crippen LogP contribution in [0.5, 0.6) is 0 Å². The highest BCUT2D eigenvalue weighted by molar-refractivity contribution is 6.21. The number of hydrogen-bond acceptors (Lipinski definition) is 4. The average molecular weight is 206 g/mol. The van der Waals surface area contributed by atoms with Crippen molar-refractivity contribution >= 4 is 17.5 Å². The normalized spacial score (nSPS) is 14.3. The van der Waals surface area contributed by atoms with Crippen LogP contribution in [-0.4, -0.2) is 28.7 Å². The zero-order valence-electron chi connectivity index (χ0n) is 7.76. The third-order valence-corrected chi connectivity index (χ3v) is 2.28. The van der Waals surface area contributed by atoms with E-state index in [0.29, 0.717) is 0 Å². The largest absolute Gasteiger partial charge is 0.277 e. The quantitative estimate of drug-likeness (QED) is 0.387. The number of nitro benzene ring substituents is 1. The summed E-state index contributed by atoms with van der Waals surface area (Å²) in [6, 6.07) is 3.64. The van der Waals surface area contributed by atoms with Gasteiger partial charge in [-0.2, -0.15) is 0 Å². The van der Waals surface area contributed by atoms with Crippen LogP contribution in [0.25, 0.3) is 0 Å². The molecule has 15 heavy (non-hydrogen) atoms. The SMILES string of the molecule is CN1C(=O)c2ccc([N+](=O)[O-])cc2C1=O. The van der Waals surface area contributed by atoms with Crippen molar-refractivity contribution in [3.63, 3.8) is 0 Å². The minimum Gasteiger partial charge on any atom is -0.277 e. The molecule has 6 nitrogen and oxygen atoms in total. The van der Waals surface area contributed by atoms with Gasteiger partial charge in [-0.3, -0.25) is 24.6 Å². The van der Waals surface area contributed by atoms with Crippen LogP contribution in [0.3, 0.4) is 0 Å². The molecule has 1 aliphatic rings. The van der Waals surface area contributed by atoms with Gasteiger partial charge >= 0.3 is 0 Å². The van der Waals surface area contributed by atoms with Crippen LogP contribution in [-0.2, 0) is 0 Å². The molecular weight excluding hydrogens is 200 g/mol. The highest BCUT2D eigenvalue weighted by atomic mass is 16.6. The van der Waals surface area contributed by atoms with Crippen molar-refractivity contribution in [2.75, 3.05) is 7.05 Å². The maximum atomic E-state index is 11.5. The van der Waals surface area contributed by atoms with Gasteiger partial charge < -0.3 is 0 Å². The summed E-state index contributed by atoms with van der Waals surface area (Å²) < 4.78 is 0. The number of carbonyl (C=O) groups is 2. The van der Waals surface area contributed by atoms with Crippen molar-refractivity contribution < 1.29 is 14.5 Å². The van der Waals surface area contributed by atoms with Gasteiger partial charge in [-0.1, -0.05) is 0 Å². The number of nitro groups is 1. The lowest BCUT2D eigenvalue weighted by Gasteiger charge is -2.02. The van der Waals surface area contributed by atoms with Crippen LogP contribution in [0.2, 0.25) is 0 Å². The Bertz CT molecular complexity index is 495. The second-order valence-corrected chi connectivity index (χ2v) is 3.16. The Kier molecular flexibility index (Phi) is 1.79. The predicted molar refractivity (Wildman–Crippen MR) is 49.5 cm³/mol. The first kappa shape index (κ1) is 9.32. The molecule has 0 atom stereocenters. The topological polar surface area (TPSA) is 80.5 Å². The lowest BCUT2D eigenvalue weighted by molar-refractivity contribution is -0.384. The van der Waals surface area contributed by atoms with Crippen LogP contribution in [0.1, 0.15) is 20.7 Å². The van der Waals surface area contributed by atoms with Crippen LogP contribution in [0.4, 0.5) is 5.69 Å². The van der Waals surface area contributed by atoms with E-state index in [0.717, 1.165) is 11.0 Å². The van der Waals surface area contributed by atoms with Crippen molar-refractivity contribution in [1.29, 1.82) is 0 Å². The third kappa shape index (κ3) is 1.18. The van der Waals surface area contributed by atoms with Crippen LogP contribution < -0.4 is 0 Å². The van der Waals surface area contributed by atoms with Crippen molar-refractivity contribution in [2.45, 2.75) is 0 Å². The number of imide groups is 1. The van der Waals surface area contributed by atoms with E-state index in [1.165, 1.54) is 19.2 Å². The van der Waals surface area contributed by atoms with Crippen molar-refractivity contribution in [3.8, 4) is 0 Å². The second-order valence-electron chi connectivity index (χ2n) is 3.16. The Morgan fingerprint density at radius 2 is 1.80 bits per heavy atom. The first-order chi connectivity index (χ1) is 7.02. The Hall–Kier alpha value is -2.24. The van der Waals surface area contributed by atoms with Gasteiger partial charge in [0, 0.05) is 19.2 Å². The predicted octanol–water partition coefficient (Wildman–Crippen LogP) is 0.821. The summed E-state index contributed by atoms with van der Waals surface area (Å²) in [5, 5.41) is 10.5. The molecule has 0 saturated carbocycles. The summed E-state index contributed by atoms with van der Waals surface area (Å²) in [6.07, 6.45) is 0. The van der Waals surface area contributed by atoms with E-state index < -0.39 is 16.7 Å². The number of rotatable bonds is 1. The van der Waals surface area contributed by atoms with Gasteiger partial charge in [0.2, 0.25) is 0 Å². The highest BCUT2D eigenvalue weighted by Crippen LogP contribution is 2.25. The van der Waals surface area contributed by atoms with Crippen molar-refractivity contribution in [1.82, 2.24) is 4.90 Å². The first-order valence-electron chi connectivity index (χ1n) is 4.13. The molecular formula is C9H6N2O4. The van der Waals surface area contributed by atoms with Gasteiger partial charge in [0.15, 0.2) is 0 Å². The maximum absolute atomic E-state index is 11.5. The molecule has 6 heteroatoms. The number of non-ortho nitro benzene ring substituents is 1. The van der Waals surface area contributed by atoms with Crippen LogP contribution in [0, 0.1) is 10.1 Å². The summed E-state index contributed by atoms with van der Waals surface area (Å²) in [4.78, 5) is 33.7.